The first-order chi connectivity index (χ1) is 7.76. The number of rotatable bonds is 6. The van der Waals surface area contributed by atoms with E-state index in [9.17, 15) is 0 Å². The molecule has 0 spiro atoms. The summed E-state index contributed by atoms with van der Waals surface area (Å²) in [5, 5.41) is 2.07. The van der Waals surface area contributed by atoms with Crippen molar-refractivity contribution in [1.29, 1.82) is 0 Å². The number of hydrogen-bond donors (Lipinski definition) is 0. The first-order valence-corrected chi connectivity index (χ1v) is 6.99. The molecule has 0 aliphatic carbocycles. The maximum absolute atomic E-state index is 5.22. The molecule has 0 aliphatic heterocycles. The zero-order valence-electron chi connectivity index (χ0n) is 9.84. The molecule has 0 radical (unpaired) electrons. The molecule has 0 heterocycles. The topological polar surface area (TPSA) is 36.9 Å². The van der Waals surface area contributed by atoms with E-state index in [1.165, 1.54) is 0 Å². The molecule has 16 heavy (non-hydrogen) atoms. The minimum absolute atomic E-state index is 0.966. The van der Waals surface area contributed by atoms with Gasteiger partial charge in [0.05, 0.1) is 0 Å². The van der Waals surface area contributed by atoms with E-state index in [2.05, 4.69) is 0 Å². The summed E-state index contributed by atoms with van der Waals surface area (Å²) >= 11 is 0. The Hall–Kier alpha value is -0.0800. The van der Waals surface area contributed by atoms with Crippen LogP contribution >= 0.6 is 16.8 Å². The monoisotopic (exact) mass is 262 g/mol. The first kappa shape index (κ1) is 14.0. The van der Waals surface area contributed by atoms with Crippen molar-refractivity contribution in [1.82, 2.24) is 0 Å². The highest BCUT2D eigenvalue weighted by Crippen LogP contribution is 2.37. The minimum atomic E-state index is -0.966. The summed E-state index contributed by atoms with van der Waals surface area (Å²) in [4.78, 5) is 0. The maximum atomic E-state index is 5.22. The lowest BCUT2D eigenvalue weighted by atomic mass is 10.4. The molecule has 0 amide bonds. The molecule has 90 valence electrons. The Bertz CT molecular complexity index is 265. The molecular weight excluding hydrogens is 246 g/mol. The Morgan fingerprint density at radius 2 is 0.875 bits per heavy atom. The van der Waals surface area contributed by atoms with E-state index >= 15 is 0 Å². The Morgan fingerprint density at radius 1 is 0.625 bits per heavy atom. The van der Waals surface area contributed by atoms with Crippen molar-refractivity contribution in [2.24, 2.45) is 0 Å². The van der Waals surface area contributed by atoms with Gasteiger partial charge in [0, 0.05) is 39.0 Å². The van der Waals surface area contributed by atoms with Crippen molar-refractivity contribution < 1.29 is 18.1 Å². The standard InChI is InChI=1S/C10H16O4P2/c1-11-15(12-2)9-5-7-10(8-6-9)16(13-3)14-4/h5-8H,1-4H3. The average molecular weight is 262 g/mol. The molecule has 0 saturated heterocycles. The van der Waals surface area contributed by atoms with Gasteiger partial charge in [-0.15, -0.1) is 0 Å². The fourth-order valence-corrected chi connectivity index (χ4v) is 3.19. The second-order valence-electron chi connectivity index (χ2n) is 2.76. The lowest BCUT2D eigenvalue weighted by Crippen LogP contribution is -2.09. The van der Waals surface area contributed by atoms with Gasteiger partial charge in [-0.3, -0.25) is 0 Å². The van der Waals surface area contributed by atoms with Gasteiger partial charge in [-0.25, -0.2) is 0 Å². The van der Waals surface area contributed by atoms with Gasteiger partial charge in [0.15, 0.2) is 0 Å². The van der Waals surface area contributed by atoms with E-state index in [-0.39, 0.29) is 0 Å². The third-order valence-electron chi connectivity index (χ3n) is 1.93. The maximum Gasteiger partial charge on any atom is 0.204 e. The molecule has 0 aliphatic rings. The first-order valence-electron chi connectivity index (χ1n) is 4.63. The highest BCUT2D eigenvalue weighted by Gasteiger charge is 2.13. The van der Waals surface area contributed by atoms with Crippen LogP contribution in [0.15, 0.2) is 24.3 Å². The summed E-state index contributed by atoms with van der Waals surface area (Å²) in [5.74, 6) is 0. The summed E-state index contributed by atoms with van der Waals surface area (Å²) in [6.45, 7) is 0. The Labute approximate surface area is 98.7 Å². The molecular formula is C10H16O4P2. The number of benzene rings is 1. The molecule has 0 bridgehead atoms. The van der Waals surface area contributed by atoms with Crippen molar-refractivity contribution in [3.05, 3.63) is 24.3 Å². The van der Waals surface area contributed by atoms with Crippen LogP contribution in [0.25, 0.3) is 0 Å². The fraction of sp³-hybridized carbons (Fsp3) is 0.400. The molecule has 0 fully saturated rings. The predicted molar refractivity (Wildman–Crippen MR) is 67.6 cm³/mol. The molecule has 0 N–H and O–H groups in total. The van der Waals surface area contributed by atoms with Crippen LogP contribution in [0, 0.1) is 0 Å². The van der Waals surface area contributed by atoms with E-state index < -0.39 is 16.8 Å². The van der Waals surface area contributed by atoms with Crippen LogP contribution < -0.4 is 10.6 Å². The summed E-state index contributed by atoms with van der Waals surface area (Å²) in [7, 11) is 4.62. The molecule has 6 heteroatoms. The van der Waals surface area contributed by atoms with E-state index in [0.717, 1.165) is 10.6 Å². The normalized spacial score (nSPS) is 11.4. The summed E-state index contributed by atoms with van der Waals surface area (Å²) in [6, 6.07) is 7.89. The van der Waals surface area contributed by atoms with Gasteiger partial charge in [-0.05, 0) is 24.3 Å². The Morgan fingerprint density at radius 3 is 1.06 bits per heavy atom. The zero-order chi connectivity index (χ0) is 12.0. The predicted octanol–water partition coefficient (Wildman–Crippen LogP) is 2.15. The van der Waals surface area contributed by atoms with Crippen LogP contribution in [-0.4, -0.2) is 28.4 Å². The van der Waals surface area contributed by atoms with Crippen molar-refractivity contribution in [2.45, 2.75) is 0 Å². The van der Waals surface area contributed by atoms with Crippen molar-refractivity contribution in [2.75, 3.05) is 28.4 Å². The molecule has 0 saturated carbocycles. The van der Waals surface area contributed by atoms with Crippen molar-refractivity contribution >= 4 is 27.4 Å². The van der Waals surface area contributed by atoms with Crippen LogP contribution in [0.2, 0.25) is 0 Å². The highest BCUT2D eigenvalue weighted by atomic mass is 31.2. The zero-order valence-corrected chi connectivity index (χ0v) is 11.6. The lowest BCUT2D eigenvalue weighted by molar-refractivity contribution is 0.349. The SMILES string of the molecule is COP(OC)c1ccc(P(OC)OC)cc1. The van der Waals surface area contributed by atoms with Crippen LogP contribution in [0.4, 0.5) is 0 Å². The van der Waals surface area contributed by atoms with Gasteiger partial charge in [0.2, 0.25) is 16.8 Å². The molecule has 1 aromatic rings. The van der Waals surface area contributed by atoms with Crippen LogP contribution in [-0.2, 0) is 18.1 Å². The third-order valence-corrected chi connectivity index (χ3v) is 4.70. The van der Waals surface area contributed by atoms with Crippen LogP contribution in [0.5, 0.6) is 0 Å². The molecule has 0 unspecified atom stereocenters. The average Bonchev–Trinajstić information content (AvgIpc) is 2.34. The summed E-state index contributed by atoms with van der Waals surface area (Å²) in [5.41, 5.74) is 0. The van der Waals surface area contributed by atoms with Gasteiger partial charge in [-0.2, -0.15) is 0 Å². The smallest absolute Gasteiger partial charge is 0.204 e. The second kappa shape index (κ2) is 7.29. The van der Waals surface area contributed by atoms with E-state index in [1.54, 1.807) is 28.4 Å². The van der Waals surface area contributed by atoms with Crippen LogP contribution in [0.1, 0.15) is 0 Å². The largest absolute Gasteiger partial charge is 0.334 e. The number of hydrogen-bond acceptors (Lipinski definition) is 4. The summed E-state index contributed by atoms with van der Waals surface area (Å²) < 4.78 is 20.9. The Balaban J connectivity index is 2.81. The van der Waals surface area contributed by atoms with Crippen LogP contribution in [0.3, 0.4) is 0 Å². The second-order valence-corrected chi connectivity index (χ2v) is 6.28. The fourth-order valence-electron chi connectivity index (χ4n) is 1.27. The quantitative estimate of drug-likeness (QED) is 0.736. The molecule has 1 rings (SSSR count). The highest BCUT2D eigenvalue weighted by molar-refractivity contribution is 7.56. The molecule has 4 nitrogen and oxygen atoms in total. The Kier molecular flexibility index (Phi) is 6.37. The van der Waals surface area contributed by atoms with Crippen molar-refractivity contribution in [3.63, 3.8) is 0 Å². The third kappa shape index (κ3) is 3.46. The molecule has 1 aromatic carbocycles. The molecule has 0 atom stereocenters. The van der Waals surface area contributed by atoms with E-state index in [4.69, 9.17) is 18.1 Å². The van der Waals surface area contributed by atoms with Gasteiger partial charge in [0.25, 0.3) is 0 Å². The molecule has 0 aromatic heterocycles. The van der Waals surface area contributed by atoms with Gasteiger partial charge < -0.3 is 18.1 Å². The van der Waals surface area contributed by atoms with Gasteiger partial charge in [0.1, 0.15) is 0 Å². The lowest BCUT2D eigenvalue weighted by Gasteiger charge is -2.15. The van der Waals surface area contributed by atoms with Gasteiger partial charge in [-0.1, -0.05) is 0 Å². The van der Waals surface area contributed by atoms with E-state index in [1.807, 2.05) is 24.3 Å². The minimum Gasteiger partial charge on any atom is -0.334 e. The summed E-state index contributed by atoms with van der Waals surface area (Å²) in [6.07, 6.45) is 0. The van der Waals surface area contributed by atoms with E-state index in [0.29, 0.717) is 0 Å². The van der Waals surface area contributed by atoms with Gasteiger partial charge >= 0.3 is 0 Å². The van der Waals surface area contributed by atoms with Crippen molar-refractivity contribution in [3.8, 4) is 0 Å².